The normalized spacial score (nSPS) is 16.9. The predicted molar refractivity (Wildman–Crippen MR) is 127 cm³/mol. The topological polar surface area (TPSA) is 81.1 Å². The summed E-state index contributed by atoms with van der Waals surface area (Å²) >= 11 is 0. The van der Waals surface area contributed by atoms with Crippen molar-refractivity contribution >= 4 is 17.8 Å². The van der Waals surface area contributed by atoms with Gasteiger partial charge in [-0.25, -0.2) is 9.07 Å². The smallest absolute Gasteiger partial charge is 0.250 e. The highest BCUT2D eigenvalue weighted by atomic mass is 19.1. The lowest BCUT2D eigenvalue weighted by Crippen LogP contribution is -2.28. The summed E-state index contributed by atoms with van der Waals surface area (Å²) in [4.78, 5) is 17.2. The van der Waals surface area contributed by atoms with Crippen molar-refractivity contribution in [3.05, 3.63) is 101 Å². The Morgan fingerprint density at radius 1 is 1.06 bits per heavy atom. The Balaban J connectivity index is 1.39. The number of rotatable bonds is 6. The van der Waals surface area contributed by atoms with E-state index in [0.717, 1.165) is 22.4 Å². The summed E-state index contributed by atoms with van der Waals surface area (Å²) in [5.41, 5.74) is 2.90. The summed E-state index contributed by atoms with van der Waals surface area (Å²) < 4.78 is 20.5. The van der Waals surface area contributed by atoms with Gasteiger partial charge in [-0.15, -0.1) is 5.10 Å². The van der Waals surface area contributed by atoms with Crippen LogP contribution in [-0.4, -0.2) is 27.8 Å². The van der Waals surface area contributed by atoms with Crippen LogP contribution in [0.4, 0.5) is 16.3 Å². The van der Waals surface area contributed by atoms with Crippen LogP contribution >= 0.6 is 0 Å². The van der Waals surface area contributed by atoms with E-state index in [0.29, 0.717) is 12.4 Å². The predicted octanol–water partition coefficient (Wildman–Crippen LogP) is 4.75. The van der Waals surface area contributed by atoms with E-state index in [1.165, 1.54) is 12.1 Å². The molecule has 2 atom stereocenters. The quantitative estimate of drug-likeness (QED) is 0.437. The van der Waals surface area contributed by atoms with Crippen LogP contribution < -0.4 is 15.4 Å². The number of aromatic nitrogens is 3. The minimum Gasteiger partial charge on any atom is -0.497 e. The van der Waals surface area contributed by atoms with Gasteiger partial charge in [0.2, 0.25) is 11.9 Å². The largest absolute Gasteiger partial charge is 0.497 e. The van der Waals surface area contributed by atoms with Crippen molar-refractivity contribution in [1.82, 2.24) is 14.8 Å². The maximum absolute atomic E-state index is 13.6. The number of carbonyl (C=O) groups is 1. The fourth-order valence-electron chi connectivity index (χ4n) is 4.19. The lowest BCUT2D eigenvalue weighted by molar-refractivity contribution is -0.115. The monoisotopic (exact) mass is 457 g/mol. The van der Waals surface area contributed by atoms with Crippen molar-refractivity contribution in [3.63, 3.8) is 0 Å². The zero-order valence-corrected chi connectivity index (χ0v) is 18.6. The standard InChI is InChI=1S/C26H24FN5O2/c1-34-21-13-7-17(8-14-21)15-24(33)29-25-30-26-28-22(18-5-3-2-4-6-18)16-23(32(26)31-25)19-9-11-20(27)12-10-19/h2-14,22-23H,15-16H2,1H3,(H2,28,29,30,31,33). The highest BCUT2D eigenvalue weighted by Crippen LogP contribution is 2.38. The first-order valence-corrected chi connectivity index (χ1v) is 11.1. The second-order valence-corrected chi connectivity index (χ2v) is 8.19. The molecular weight excluding hydrogens is 433 g/mol. The molecular formula is C26H24FN5O2. The molecule has 2 N–H and O–H groups in total. The molecule has 8 heteroatoms. The van der Waals surface area contributed by atoms with Gasteiger partial charge >= 0.3 is 0 Å². The summed E-state index contributed by atoms with van der Waals surface area (Å²) in [5, 5.41) is 10.8. The molecule has 1 aromatic heterocycles. The van der Waals surface area contributed by atoms with E-state index in [2.05, 4.69) is 32.8 Å². The fourth-order valence-corrected chi connectivity index (χ4v) is 4.19. The summed E-state index contributed by atoms with van der Waals surface area (Å²) in [6, 6.07) is 23.7. The van der Waals surface area contributed by atoms with Gasteiger partial charge in [0.1, 0.15) is 11.6 Å². The van der Waals surface area contributed by atoms with Crippen LogP contribution in [0.25, 0.3) is 0 Å². The van der Waals surface area contributed by atoms with Crippen molar-refractivity contribution < 1.29 is 13.9 Å². The van der Waals surface area contributed by atoms with Gasteiger partial charge in [0, 0.05) is 0 Å². The average molecular weight is 458 g/mol. The lowest BCUT2D eigenvalue weighted by Gasteiger charge is -2.31. The molecule has 0 bridgehead atoms. The molecule has 0 saturated carbocycles. The molecule has 172 valence electrons. The van der Waals surface area contributed by atoms with Gasteiger partial charge in [0.05, 0.1) is 25.6 Å². The van der Waals surface area contributed by atoms with Crippen LogP contribution in [0.2, 0.25) is 0 Å². The first-order valence-electron chi connectivity index (χ1n) is 11.1. The number of halogens is 1. The molecule has 3 aromatic carbocycles. The van der Waals surface area contributed by atoms with Crippen molar-refractivity contribution in [3.8, 4) is 5.75 Å². The van der Waals surface area contributed by atoms with Gasteiger partial charge in [-0.1, -0.05) is 54.6 Å². The Hall–Kier alpha value is -4.20. The second-order valence-electron chi connectivity index (χ2n) is 8.19. The van der Waals surface area contributed by atoms with E-state index in [4.69, 9.17) is 4.74 Å². The Bertz CT molecular complexity index is 1270. The number of methoxy groups -OCH3 is 1. The molecule has 0 saturated heterocycles. The Labute approximate surface area is 196 Å². The minimum atomic E-state index is -0.289. The molecule has 2 heterocycles. The van der Waals surface area contributed by atoms with Crippen LogP contribution in [0.1, 0.15) is 35.2 Å². The van der Waals surface area contributed by atoms with Crippen LogP contribution in [0, 0.1) is 5.82 Å². The highest BCUT2D eigenvalue weighted by Gasteiger charge is 2.31. The van der Waals surface area contributed by atoms with Gasteiger partial charge in [-0.3, -0.25) is 10.1 Å². The molecule has 4 aromatic rings. The number of nitrogens with one attached hydrogen (secondary N) is 2. The molecule has 5 rings (SSSR count). The number of amides is 1. The van der Waals surface area contributed by atoms with E-state index in [9.17, 15) is 9.18 Å². The highest BCUT2D eigenvalue weighted by molar-refractivity contribution is 5.90. The van der Waals surface area contributed by atoms with Gasteiger partial charge in [-0.2, -0.15) is 4.98 Å². The first-order chi connectivity index (χ1) is 16.6. The number of hydrogen-bond donors (Lipinski definition) is 2. The fraction of sp³-hybridized carbons (Fsp3) is 0.192. The number of fused-ring (bicyclic) bond motifs is 1. The van der Waals surface area contributed by atoms with Crippen LogP contribution in [0.3, 0.4) is 0 Å². The average Bonchev–Trinajstić information content (AvgIpc) is 3.27. The molecule has 1 aliphatic rings. The summed E-state index contributed by atoms with van der Waals surface area (Å²) in [6.07, 6.45) is 0.889. The van der Waals surface area contributed by atoms with Gasteiger partial charge in [0.15, 0.2) is 0 Å². The molecule has 0 radical (unpaired) electrons. The van der Waals surface area contributed by atoms with E-state index in [1.807, 2.05) is 42.5 Å². The van der Waals surface area contributed by atoms with Crippen molar-refractivity contribution in [1.29, 1.82) is 0 Å². The van der Waals surface area contributed by atoms with E-state index >= 15 is 0 Å². The van der Waals surface area contributed by atoms with Crippen LogP contribution in [0.5, 0.6) is 5.75 Å². The number of nitrogens with zero attached hydrogens (tertiary/aromatic N) is 3. The SMILES string of the molecule is COc1ccc(CC(=O)Nc2nc3n(n2)C(c2ccc(F)cc2)CC(c2ccccc2)N3)cc1. The zero-order valence-electron chi connectivity index (χ0n) is 18.6. The van der Waals surface area contributed by atoms with Crippen molar-refractivity contribution in [2.24, 2.45) is 0 Å². The van der Waals surface area contributed by atoms with E-state index in [-0.39, 0.29) is 36.2 Å². The van der Waals surface area contributed by atoms with Crippen LogP contribution in [0.15, 0.2) is 78.9 Å². The molecule has 34 heavy (non-hydrogen) atoms. The Morgan fingerprint density at radius 2 is 1.79 bits per heavy atom. The third-order valence-corrected chi connectivity index (χ3v) is 5.92. The van der Waals surface area contributed by atoms with E-state index in [1.54, 1.807) is 23.9 Å². The third kappa shape index (κ3) is 4.61. The molecule has 1 aliphatic heterocycles. The lowest BCUT2D eigenvalue weighted by atomic mass is 9.93. The van der Waals surface area contributed by atoms with Crippen molar-refractivity contribution in [2.45, 2.75) is 24.9 Å². The second kappa shape index (κ2) is 9.35. The summed E-state index contributed by atoms with van der Waals surface area (Å²) in [6.45, 7) is 0. The zero-order chi connectivity index (χ0) is 23.5. The Morgan fingerprint density at radius 3 is 2.50 bits per heavy atom. The summed E-state index contributed by atoms with van der Waals surface area (Å²) in [5.74, 6) is 1.00. The third-order valence-electron chi connectivity index (χ3n) is 5.92. The number of hydrogen-bond acceptors (Lipinski definition) is 5. The molecule has 7 nitrogen and oxygen atoms in total. The van der Waals surface area contributed by atoms with Crippen molar-refractivity contribution in [2.75, 3.05) is 17.7 Å². The molecule has 2 unspecified atom stereocenters. The maximum atomic E-state index is 13.6. The number of ether oxygens (including phenoxy) is 1. The van der Waals surface area contributed by atoms with Crippen LogP contribution in [-0.2, 0) is 11.2 Å². The van der Waals surface area contributed by atoms with Gasteiger partial charge < -0.3 is 10.1 Å². The number of carbonyl (C=O) groups excluding carboxylic acids is 1. The summed E-state index contributed by atoms with van der Waals surface area (Å²) in [7, 11) is 1.60. The molecule has 0 fully saturated rings. The maximum Gasteiger partial charge on any atom is 0.250 e. The Kier molecular flexibility index (Phi) is 5.95. The number of benzene rings is 3. The molecule has 0 aliphatic carbocycles. The van der Waals surface area contributed by atoms with E-state index < -0.39 is 0 Å². The molecule has 1 amide bonds. The van der Waals surface area contributed by atoms with Gasteiger partial charge in [-0.05, 0) is 47.4 Å². The molecule has 0 spiro atoms. The van der Waals surface area contributed by atoms with Gasteiger partial charge in [0.25, 0.3) is 5.95 Å². The first kappa shape index (κ1) is 21.6. The number of anilines is 2. The minimum absolute atomic E-state index is 0.00389.